The van der Waals surface area contributed by atoms with Gasteiger partial charge in [0.2, 0.25) is 0 Å². The molecule has 0 amide bonds. The lowest BCUT2D eigenvalue weighted by molar-refractivity contribution is 0.0601. The van der Waals surface area contributed by atoms with Gasteiger partial charge >= 0.3 is 5.97 Å². The van der Waals surface area contributed by atoms with E-state index in [9.17, 15) is 4.79 Å². The number of nitrogens with zero attached hydrogens (tertiary/aromatic N) is 2. The number of rotatable bonds is 8. The topological polar surface area (TPSA) is 41.9 Å². The van der Waals surface area contributed by atoms with Gasteiger partial charge in [0.15, 0.2) is 0 Å². The van der Waals surface area contributed by atoms with Crippen LogP contribution in [0, 0.1) is 0 Å². The van der Waals surface area contributed by atoms with Crippen molar-refractivity contribution < 1.29 is 9.53 Å². The van der Waals surface area contributed by atoms with Crippen molar-refractivity contribution >= 4 is 12.2 Å². The number of esters is 1. The van der Waals surface area contributed by atoms with E-state index in [0.29, 0.717) is 12.2 Å². The molecule has 0 saturated heterocycles. The molecule has 1 unspecified atom stereocenters. The van der Waals surface area contributed by atoms with E-state index in [1.807, 2.05) is 42.6 Å². The first-order valence-electron chi connectivity index (χ1n) is 13.9. The first-order valence-corrected chi connectivity index (χ1v) is 13.9. The highest BCUT2D eigenvalue weighted by Gasteiger charge is 2.47. The number of hydrogen-bond acceptors (Lipinski definition) is 4. The lowest BCUT2D eigenvalue weighted by Crippen LogP contribution is -2.45. The third kappa shape index (κ3) is 4.88. The molecule has 202 valence electrons. The molecule has 0 spiro atoms. The fraction of sp³-hybridized carbons (Fsp3) is 0.135. The van der Waals surface area contributed by atoms with Gasteiger partial charge < -0.3 is 4.74 Å². The second-order valence-corrected chi connectivity index (χ2v) is 10.2. The van der Waals surface area contributed by atoms with Gasteiger partial charge in [-0.05, 0) is 45.5 Å². The number of aliphatic imine (C=N–C) groups is 1. The van der Waals surface area contributed by atoms with Crippen molar-refractivity contribution in [1.82, 2.24) is 4.90 Å². The lowest BCUT2D eigenvalue weighted by Gasteiger charge is -2.47. The molecule has 5 aromatic carbocycles. The van der Waals surface area contributed by atoms with Crippen LogP contribution in [-0.2, 0) is 10.2 Å². The molecule has 0 saturated carbocycles. The average Bonchev–Trinajstić information content (AvgIpc) is 3.59. The van der Waals surface area contributed by atoms with Crippen molar-refractivity contribution in [2.75, 3.05) is 20.3 Å². The molecule has 0 aliphatic carbocycles. The van der Waals surface area contributed by atoms with Crippen molar-refractivity contribution in [2.24, 2.45) is 4.99 Å². The summed E-state index contributed by atoms with van der Waals surface area (Å²) >= 11 is 0. The lowest BCUT2D eigenvalue weighted by atomic mass is 9.62. The van der Waals surface area contributed by atoms with E-state index in [4.69, 9.17) is 4.74 Å². The SMILES string of the molecule is COC(=O)c1ccc(C(N2CC=NC2)C(c2ccccc2)(c2ccccc2)c2ccccc2)cc1-c1ccccc1. The molecule has 4 heteroatoms. The summed E-state index contributed by atoms with van der Waals surface area (Å²) in [6.07, 6.45) is 2.00. The van der Waals surface area contributed by atoms with E-state index in [1.165, 1.54) is 23.8 Å². The number of ether oxygens (including phenoxy) is 1. The highest BCUT2D eigenvalue weighted by atomic mass is 16.5. The maximum Gasteiger partial charge on any atom is 0.338 e. The number of carbonyl (C=O) groups excluding carboxylic acids is 1. The fourth-order valence-corrected chi connectivity index (χ4v) is 6.26. The van der Waals surface area contributed by atoms with Crippen LogP contribution >= 0.6 is 0 Å². The molecule has 0 radical (unpaired) electrons. The van der Waals surface area contributed by atoms with Crippen LogP contribution in [0.15, 0.2) is 145 Å². The quantitative estimate of drug-likeness (QED) is 0.152. The summed E-state index contributed by atoms with van der Waals surface area (Å²) in [5.41, 5.74) is 6.44. The van der Waals surface area contributed by atoms with Gasteiger partial charge in [-0.2, -0.15) is 0 Å². The Balaban J connectivity index is 1.70. The van der Waals surface area contributed by atoms with Crippen LogP contribution in [-0.4, -0.2) is 37.4 Å². The molecule has 41 heavy (non-hydrogen) atoms. The minimum atomic E-state index is -0.585. The van der Waals surface area contributed by atoms with Gasteiger partial charge in [0.1, 0.15) is 0 Å². The minimum absolute atomic E-state index is 0.147. The van der Waals surface area contributed by atoms with Gasteiger partial charge in [-0.1, -0.05) is 127 Å². The molecule has 0 bridgehead atoms. The van der Waals surface area contributed by atoms with Gasteiger partial charge in [0, 0.05) is 12.8 Å². The summed E-state index contributed by atoms with van der Waals surface area (Å²) in [6.45, 7) is 1.30. The maximum atomic E-state index is 13.0. The van der Waals surface area contributed by atoms with Crippen LogP contribution in [0.2, 0.25) is 0 Å². The zero-order chi connectivity index (χ0) is 28.1. The van der Waals surface area contributed by atoms with E-state index >= 15 is 0 Å². The van der Waals surface area contributed by atoms with Crippen LogP contribution in [0.3, 0.4) is 0 Å². The number of benzene rings is 5. The fourth-order valence-electron chi connectivity index (χ4n) is 6.26. The largest absolute Gasteiger partial charge is 0.465 e. The molecule has 0 aromatic heterocycles. The molecular formula is C37H32N2O2. The molecule has 1 heterocycles. The summed E-state index contributed by atoms with van der Waals surface area (Å²) in [6, 6.07) is 48.3. The van der Waals surface area contributed by atoms with Gasteiger partial charge in [0.05, 0.1) is 30.8 Å². The number of hydrogen-bond donors (Lipinski definition) is 0. The predicted octanol–water partition coefficient (Wildman–Crippen LogP) is 7.56. The zero-order valence-corrected chi connectivity index (χ0v) is 23.1. The molecule has 5 aromatic rings. The molecule has 0 fully saturated rings. The third-order valence-corrected chi connectivity index (χ3v) is 8.02. The molecular weight excluding hydrogens is 504 g/mol. The van der Waals surface area contributed by atoms with Crippen LogP contribution in [0.4, 0.5) is 0 Å². The Morgan fingerprint density at radius 3 is 1.71 bits per heavy atom. The monoisotopic (exact) mass is 536 g/mol. The summed E-state index contributed by atoms with van der Waals surface area (Å²) in [5.74, 6) is -0.350. The zero-order valence-electron chi connectivity index (χ0n) is 23.1. The first kappa shape index (κ1) is 26.4. The van der Waals surface area contributed by atoms with E-state index < -0.39 is 5.41 Å². The van der Waals surface area contributed by atoms with Gasteiger partial charge in [-0.25, -0.2) is 4.79 Å². The smallest absolute Gasteiger partial charge is 0.338 e. The number of carbonyl (C=O) groups is 1. The molecule has 1 atom stereocenters. The Kier molecular flexibility index (Phi) is 7.57. The maximum absolute atomic E-state index is 13.0. The molecule has 1 aliphatic rings. The average molecular weight is 537 g/mol. The van der Waals surface area contributed by atoms with Crippen molar-refractivity contribution in [3.05, 3.63) is 167 Å². The highest BCUT2D eigenvalue weighted by Crippen LogP contribution is 2.52. The highest BCUT2D eigenvalue weighted by molar-refractivity contribution is 5.97. The normalized spacial score (nSPS) is 14.1. The summed E-state index contributed by atoms with van der Waals surface area (Å²) < 4.78 is 5.20. The Bertz CT molecular complexity index is 1530. The van der Waals surface area contributed by atoms with Crippen molar-refractivity contribution in [3.63, 3.8) is 0 Å². The molecule has 6 rings (SSSR count). The van der Waals surface area contributed by atoms with E-state index in [-0.39, 0.29) is 12.0 Å². The summed E-state index contributed by atoms with van der Waals surface area (Å²) in [4.78, 5) is 20.1. The second-order valence-electron chi connectivity index (χ2n) is 10.2. The van der Waals surface area contributed by atoms with Crippen molar-refractivity contribution in [1.29, 1.82) is 0 Å². The third-order valence-electron chi connectivity index (χ3n) is 8.02. The second kappa shape index (κ2) is 11.7. The molecule has 4 nitrogen and oxygen atoms in total. The Morgan fingerprint density at radius 2 is 1.24 bits per heavy atom. The molecule has 1 aliphatic heterocycles. The van der Waals surface area contributed by atoms with Crippen LogP contribution in [0.5, 0.6) is 0 Å². The van der Waals surface area contributed by atoms with Gasteiger partial charge in [0.25, 0.3) is 0 Å². The minimum Gasteiger partial charge on any atom is -0.465 e. The van der Waals surface area contributed by atoms with Gasteiger partial charge in [-0.3, -0.25) is 9.89 Å². The Hall–Kier alpha value is -4.80. The van der Waals surface area contributed by atoms with Gasteiger partial charge in [-0.15, -0.1) is 0 Å². The number of methoxy groups -OCH3 is 1. The van der Waals surface area contributed by atoms with Crippen LogP contribution in [0.25, 0.3) is 11.1 Å². The van der Waals surface area contributed by atoms with Crippen LogP contribution < -0.4 is 0 Å². The summed E-state index contributed by atoms with van der Waals surface area (Å²) in [7, 11) is 1.43. The predicted molar refractivity (Wildman–Crippen MR) is 165 cm³/mol. The summed E-state index contributed by atoms with van der Waals surface area (Å²) in [5, 5.41) is 0. The van der Waals surface area contributed by atoms with E-state index in [0.717, 1.165) is 23.2 Å². The van der Waals surface area contributed by atoms with E-state index in [1.54, 1.807) is 0 Å². The molecule has 0 N–H and O–H groups in total. The van der Waals surface area contributed by atoms with Crippen molar-refractivity contribution in [2.45, 2.75) is 11.5 Å². The van der Waals surface area contributed by atoms with E-state index in [2.05, 4.69) is 113 Å². The Morgan fingerprint density at radius 1 is 0.732 bits per heavy atom. The Labute approximate surface area is 241 Å². The first-order chi connectivity index (χ1) is 20.2. The van der Waals surface area contributed by atoms with Crippen LogP contribution in [0.1, 0.15) is 38.7 Å². The van der Waals surface area contributed by atoms with Crippen molar-refractivity contribution in [3.8, 4) is 11.1 Å². The standard InChI is InChI=1S/C37H32N2O2/c1-41-36(40)33-23-22-29(26-34(33)28-14-6-2-7-15-28)35(39-25-24-38-27-39)37(30-16-8-3-9-17-30,31-18-10-4-11-19-31)32-20-12-5-13-21-32/h2-24,26,35H,25,27H2,1H3.